The van der Waals surface area contributed by atoms with Crippen LogP contribution in [0.25, 0.3) is 11.1 Å². The second-order valence-electron chi connectivity index (χ2n) is 7.31. The van der Waals surface area contributed by atoms with Crippen LogP contribution in [0, 0.1) is 0 Å². The topological polar surface area (TPSA) is 79.6 Å². The zero-order valence-electron chi connectivity index (χ0n) is 17.5. The van der Waals surface area contributed by atoms with Crippen LogP contribution in [0.5, 0.6) is 6.01 Å². The number of esters is 1. The van der Waals surface area contributed by atoms with Gasteiger partial charge in [0.05, 0.1) is 12.2 Å². The first-order chi connectivity index (χ1) is 15.5. The molecular weight excluding hydrogens is 415 g/mol. The maximum absolute atomic E-state index is 14.6. The average molecular weight is 438 g/mol. The van der Waals surface area contributed by atoms with Crippen molar-refractivity contribution in [1.82, 2.24) is 9.55 Å². The second-order valence-corrected chi connectivity index (χ2v) is 7.31. The monoisotopic (exact) mass is 438 g/mol. The molecule has 4 rings (SSSR count). The summed E-state index contributed by atoms with van der Waals surface area (Å²) >= 11 is 0. The van der Waals surface area contributed by atoms with Gasteiger partial charge in [-0.05, 0) is 30.2 Å². The Morgan fingerprint density at radius 3 is 2.56 bits per heavy atom. The van der Waals surface area contributed by atoms with Crippen molar-refractivity contribution in [2.45, 2.75) is 31.8 Å². The van der Waals surface area contributed by atoms with Crippen LogP contribution in [-0.2, 0) is 9.47 Å². The molecule has 0 saturated carbocycles. The maximum atomic E-state index is 14.6. The summed E-state index contributed by atoms with van der Waals surface area (Å²) in [6.45, 7) is 1.83. The lowest BCUT2D eigenvalue weighted by atomic mass is 10.0. The van der Waals surface area contributed by atoms with E-state index >= 15 is 0 Å². The SMILES string of the molecule is CCOc1nc(=O)ccn1[C@H]1C[C@H](F)[C@@H](COC(=O)c2ccc(-c3ccccc3)cc2)O1. The highest BCUT2D eigenvalue weighted by Gasteiger charge is 2.38. The summed E-state index contributed by atoms with van der Waals surface area (Å²) < 4.78 is 32.4. The Morgan fingerprint density at radius 1 is 1.12 bits per heavy atom. The Hall–Kier alpha value is -3.52. The minimum atomic E-state index is -1.35. The van der Waals surface area contributed by atoms with Gasteiger partial charge >= 0.3 is 12.0 Å². The van der Waals surface area contributed by atoms with Crippen molar-refractivity contribution in [3.05, 3.63) is 82.8 Å². The molecule has 3 aromatic rings. The van der Waals surface area contributed by atoms with Crippen LogP contribution in [0.3, 0.4) is 0 Å². The average Bonchev–Trinajstić information content (AvgIpc) is 3.18. The van der Waals surface area contributed by atoms with Gasteiger partial charge in [-0.15, -0.1) is 0 Å². The van der Waals surface area contributed by atoms with Crippen LogP contribution in [0.1, 0.15) is 29.9 Å². The van der Waals surface area contributed by atoms with Crippen LogP contribution >= 0.6 is 0 Å². The van der Waals surface area contributed by atoms with E-state index in [1.165, 1.54) is 16.8 Å². The second kappa shape index (κ2) is 9.74. The van der Waals surface area contributed by atoms with Crippen molar-refractivity contribution in [2.24, 2.45) is 0 Å². The predicted molar refractivity (Wildman–Crippen MR) is 115 cm³/mol. The van der Waals surface area contributed by atoms with Crippen molar-refractivity contribution < 1.29 is 23.4 Å². The molecule has 2 heterocycles. The van der Waals surface area contributed by atoms with Gasteiger partial charge in [0, 0.05) is 18.7 Å². The number of rotatable bonds is 7. The molecular formula is C24H23FN2O5. The first-order valence-corrected chi connectivity index (χ1v) is 10.4. The number of carbonyl (C=O) groups is 1. The molecule has 1 aliphatic rings. The van der Waals surface area contributed by atoms with Gasteiger partial charge in [0.25, 0.3) is 5.56 Å². The fourth-order valence-electron chi connectivity index (χ4n) is 3.53. The fourth-order valence-corrected chi connectivity index (χ4v) is 3.53. The Kier molecular flexibility index (Phi) is 6.61. The fraction of sp³-hybridized carbons (Fsp3) is 0.292. The number of hydrogen-bond acceptors (Lipinski definition) is 6. The molecule has 0 bridgehead atoms. The summed E-state index contributed by atoms with van der Waals surface area (Å²) in [5.74, 6) is -0.552. The first-order valence-electron chi connectivity index (χ1n) is 10.4. The summed E-state index contributed by atoms with van der Waals surface area (Å²) in [5.41, 5.74) is 1.94. The molecule has 1 fully saturated rings. The molecule has 1 saturated heterocycles. The summed E-state index contributed by atoms with van der Waals surface area (Å²) in [6.07, 6.45) is -1.50. The van der Waals surface area contributed by atoms with Crippen LogP contribution < -0.4 is 10.3 Å². The van der Waals surface area contributed by atoms with Gasteiger partial charge in [-0.2, -0.15) is 4.98 Å². The van der Waals surface area contributed by atoms with Crippen molar-refractivity contribution in [1.29, 1.82) is 0 Å². The van der Waals surface area contributed by atoms with Crippen molar-refractivity contribution in [2.75, 3.05) is 13.2 Å². The number of halogens is 1. The molecule has 3 atom stereocenters. The molecule has 0 aliphatic carbocycles. The quantitative estimate of drug-likeness (QED) is 0.522. The van der Waals surface area contributed by atoms with Crippen molar-refractivity contribution in [3.8, 4) is 17.1 Å². The van der Waals surface area contributed by atoms with Gasteiger partial charge in [-0.25, -0.2) is 9.18 Å². The highest BCUT2D eigenvalue weighted by atomic mass is 19.1. The molecule has 0 N–H and O–H groups in total. The molecule has 32 heavy (non-hydrogen) atoms. The Bertz CT molecular complexity index is 1120. The lowest BCUT2D eigenvalue weighted by Gasteiger charge is -2.18. The van der Waals surface area contributed by atoms with E-state index in [2.05, 4.69) is 4.98 Å². The normalized spacial score (nSPS) is 20.1. The third-order valence-electron chi connectivity index (χ3n) is 5.16. The maximum Gasteiger partial charge on any atom is 0.338 e. The molecule has 2 aromatic carbocycles. The van der Waals surface area contributed by atoms with E-state index in [1.807, 2.05) is 42.5 Å². The lowest BCUT2D eigenvalue weighted by molar-refractivity contribution is -0.0454. The summed E-state index contributed by atoms with van der Waals surface area (Å²) in [4.78, 5) is 27.7. The number of hydrogen-bond donors (Lipinski definition) is 0. The molecule has 0 amide bonds. The Labute approximate surface area is 184 Å². The zero-order chi connectivity index (χ0) is 22.5. The van der Waals surface area contributed by atoms with Crippen LogP contribution in [0.2, 0.25) is 0 Å². The van der Waals surface area contributed by atoms with E-state index in [9.17, 15) is 14.0 Å². The van der Waals surface area contributed by atoms with Gasteiger partial charge in [0.15, 0.2) is 0 Å². The molecule has 166 valence electrons. The minimum absolute atomic E-state index is 0.0264. The third kappa shape index (κ3) is 4.86. The van der Waals surface area contributed by atoms with Gasteiger partial charge in [-0.3, -0.25) is 9.36 Å². The van der Waals surface area contributed by atoms with E-state index in [1.54, 1.807) is 19.1 Å². The third-order valence-corrected chi connectivity index (χ3v) is 5.16. The molecule has 0 radical (unpaired) electrons. The summed E-state index contributed by atoms with van der Waals surface area (Å²) in [7, 11) is 0. The highest BCUT2D eigenvalue weighted by molar-refractivity contribution is 5.90. The van der Waals surface area contributed by atoms with Crippen LogP contribution in [-0.4, -0.2) is 41.0 Å². The first kappa shape index (κ1) is 21.7. The smallest absolute Gasteiger partial charge is 0.338 e. The largest absolute Gasteiger partial charge is 0.465 e. The van der Waals surface area contributed by atoms with E-state index < -0.39 is 30.0 Å². The van der Waals surface area contributed by atoms with Crippen molar-refractivity contribution in [3.63, 3.8) is 0 Å². The van der Waals surface area contributed by atoms with Crippen LogP contribution in [0.4, 0.5) is 4.39 Å². The van der Waals surface area contributed by atoms with Crippen LogP contribution in [0.15, 0.2) is 71.7 Å². The number of aromatic nitrogens is 2. The predicted octanol–water partition coefficient (Wildman–Crippen LogP) is 3.79. The number of alkyl halides is 1. The number of benzene rings is 2. The lowest BCUT2D eigenvalue weighted by Crippen LogP contribution is -2.26. The molecule has 0 unspecified atom stereocenters. The molecule has 1 aromatic heterocycles. The Balaban J connectivity index is 1.37. The Morgan fingerprint density at radius 2 is 1.84 bits per heavy atom. The van der Waals surface area contributed by atoms with Gasteiger partial charge in [-0.1, -0.05) is 42.5 Å². The summed E-state index contributed by atoms with van der Waals surface area (Å²) in [6, 6.07) is 18.1. The zero-order valence-corrected chi connectivity index (χ0v) is 17.5. The van der Waals surface area contributed by atoms with E-state index in [0.29, 0.717) is 12.2 Å². The van der Waals surface area contributed by atoms with Gasteiger partial charge in [0.2, 0.25) is 0 Å². The van der Waals surface area contributed by atoms with E-state index in [4.69, 9.17) is 14.2 Å². The molecule has 7 nitrogen and oxygen atoms in total. The highest BCUT2D eigenvalue weighted by Crippen LogP contribution is 2.33. The number of nitrogens with zero attached hydrogens (tertiary/aromatic N) is 2. The molecule has 0 spiro atoms. The molecule has 1 aliphatic heterocycles. The number of carbonyl (C=O) groups excluding carboxylic acids is 1. The van der Waals surface area contributed by atoms with Crippen molar-refractivity contribution >= 4 is 5.97 Å². The molecule has 8 heteroatoms. The van der Waals surface area contributed by atoms with E-state index in [0.717, 1.165) is 11.1 Å². The number of ether oxygens (including phenoxy) is 3. The minimum Gasteiger partial charge on any atom is -0.465 e. The van der Waals surface area contributed by atoms with Gasteiger partial charge < -0.3 is 14.2 Å². The summed E-state index contributed by atoms with van der Waals surface area (Å²) in [5, 5.41) is 0. The van der Waals surface area contributed by atoms with Gasteiger partial charge in [0.1, 0.15) is 25.1 Å². The standard InChI is InChI=1S/C24H23FN2O5/c1-2-30-24-26-21(28)12-13-27(24)22-14-19(25)20(32-22)15-31-23(29)18-10-8-17(9-11-18)16-6-4-3-5-7-16/h3-13,19-20,22H,2,14-15H2,1H3/t19-,20+,22+/m0/s1. The van der Waals surface area contributed by atoms with E-state index in [-0.39, 0.29) is 19.0 Å².